The minimum absolute atomic E-state index is 0. The van der Waals surface area contributed by atoms with Crippen LogP contribution in [0.25, 0.3) is 0 Å². The van der Waals surface area contributed by atoms with Crippen LogP contribution in [0.3, 0.4) is 0 Å². The number of anilines is 2. The summed E-state index contributed by atoms with van der Waals surface area (Å²) in [6, 6.07) is 7.95. The Morgan fingerprint density at radius 3 is 2.65 bits per heavy atom. The third-order valence-electron chi connectivity index (χ3n) is 5.93. The molecule has 2 N–H and O–H groups in total. The maximum atomic E-state index is 13.2. The fourth-order valence-corrected chi connectivity index (χ4v) is 4.60. The summed E-state index contributed by atoms with van der Waals surface area (Å²) >= 11 is 0. The van der Waals surface area contributed by atoms with Gasteiger partial charge in [0.15, 0.2) is 5.78 Å². The Kier molecular flexibility index (Phi) is 8.55. The van der Waals surface area contributed by atoms with Crippen molar-refractivity contribution in [2.75, 3.05) is 43.9 Å². The van der Waals surface area contributed by atoms with E-state index in [2.05, 4.69) is 41.2 Å². The molecule has 1 aliphatic heterocycles. The number of hydrogen-bond acceptors (Lipinski definition) is 5. The first-order valence-corrected chi connectivity index (χ1v) is 11.0. The molecule has 7 heteroatoms. The number of nitrogens with zero attached hydrogens (tertiary/aromatic N) is 2. The number of allylic oxidation sites excluding steroid dienone is 1. The second-order valence-electron chi connectivity index (χ2n) is 9.53. The van der Waals surface area contributed by atoms with Gasteiger partial charge in [0.1, 0.15) is 0 Å². The molecule has 1 aliphatic carbocycles. The largest absolute Gasteiger partial charge is 0.357 e. The van der Waals surface area contributed by atoms with Crippen molar-refractivity contribution in [3.05, 3.63) is 35.5 Å². The molecule has 6 nitrogen and oxygen atoms in total. The van der Waals surface area contributed by atoms with Crippen molar-refractivity contribution >= 4 is 35.5 Å². The summed E-state index contributed by atoms with van der Waals surface area (Å²) in [6.45, 7) is 8.22. The van der Waals surface area contributed by atoms with Gasteiger partial charge in [-0.2, -0.15) is 0 Å². The van der Waals surface area contributed by atoms with Crippen LogP contribution in [-0.4, -0.2) is 56.4 Å². The molecule has 1 aromatic rings. The molecule has 2 aliphatic rings. The van der Waals surface area contributed by atoms with Crippen LogP contribution in [0.2, 0.25) is 0 Å². The van der Waals surface area contributed by atoms with E-state index < -0.39 is 0 Å². The zero-order valence-corrected chi connectivity index (χ0v) is 20.3. The number of nitrogens with one attached hydrogen (secondary N) is 2. The van der Waals surface area contributed by atoms with Gasteiger partial charge >= 0.3 is 0 Å². The van der Waals surface area contributed by atoms with E-state index in [1.54, 1.807) is 0 Å². The first-order chi connectivity index (χ1) is 14.2. The van der Waals surface area contributed by atoms with Crippen LogP contribution in [0.5, 0.6) is 0 Å². The van der Waals surface area contributed by atoms with Crippen molar-refractivity contribution in [1.82, 2.24) is 10.2 Å². The lowest BCUT2D eigenvalue weighted by molar-refractivity contribution is -0.120. The molecule has 1 atom stereocenters. The van der Waals surface area contributed by atoms with Crippen molar-refractivity contribution in [2.24, 2.45) is 5.41 Å². The van der Waals surface area contributed by atoms with E-state index in [1.807, 2.05) is 38.4 Å². The lowest BCUT2D eigenvalue weighted by Crippen LogP contribution is -2.46. The van der Waals surface area contributed by atoms with E-state index in [-0.39, 0.29) is 42.1 Å². The van der Waals surface area contributed by atoms with Crippen LogP contribution in [-0.2, 0) is 9.59 Å². The molecule has 1 heterocycles. The number of halogens is 1. The quantitative estimate of drug-likeness (QED) is 0.620. The molecule has 172 valence electrons. The third kappa shape index (κ3) is 6.01. The Morgan fingerprint density at radius 2 is 1.97 bits per heavy atom. The van der Waals surface area contributed by atoms with Crippen molar-refractivity contribution in [3.8, 4) is 0 Å². The van der Waals surface area contributed by atoms with Gasteiger partial charge in [0.25, 0.3) is 0 Å². The van der Waals surface area contributed by atoms with Crippen molar-refractivity contribution in [1.29, 1.82) is 0 Å². The fourth-order valence-electron chi connectivity index (χ4n) is 4.60. The summed E-state index contributed by atoms with van der Waals surface area (Å²) in [5, 5.41) is 6.61. The van der Waals surface area contributed by atoms with E-state index in [0.717, 1.165) is 48.5 Å². The number of Topliss-reactive ketones (excluding diaryl/α,β-unsaturated/α-hetero) is 1. The topological polar surface area (TPSA) is 64.7 Å². The molecule has 0 radical (unpaired) electrons. The number of rotatable bonds is 7. The first-order valence-electron chi connectivity index (χ1n) is 11.0. The molecule has 0 saturated heterocycles. The summed E-state index contributed by atoms with van der Waals surface area (Å²) in [4.78, 5) is 30.2. The monoisotopic (exact) mass is 448 g/mol. The highest BCUT2D eigenvalue weighted by molar-refractivity contribution is 6.01. The predicted octanol–water partition coefficient (Wildman–Crippen LogP) is 3.83. The Bertz CT molecular complexity index is 835. The van der Waals surface area contributed by atoms with Gasteiger partial charge in [-0.1, -0.05) is 32.9 Å². The molecule has 0 spiro atoms. The van der Waals surface area contributed by atoms with Crippen molar-refractivity contribution in [3.63, 3.8) is 0 Å². The van der Waals surface area contributed by atoms with Gasteiger partial charge in [-0.15, -0.1) is 12.4 Å². The Labute approximate surface area is 192 Å². The van der Waals surface area contributed by atoms with Crippen LogP contribution < -0.4 is 15.5 Å². The number of carbonyl (C=O) groups is 2. The van der Waals surface area contributed by atoms with E-state index in [4.69, 9.17) is 0 Å². The van der Waals surface area contributed by atoms with Gasteiger partial charge in [0.05, 0.1) is 24.0 Å². The average molecular weight is 449 g/mol. The highest BCUT2D eigenvalue weighted by Crippen LogP contribution is 2.44. The summed E-state index contributed by atoms with van der Waals surface area (Å²) in [5.41, 5.74) is 3.76. The molecule has 1 aromatic carbocycles. The molecule has 1 amide bonds. The van der Waals surface area contributed by atoms with Crippen LogP contribution in [0, 0.1) is 5.41 Å². The first kappa shape index (κ1) is 25.2. The van der Waals surface area contributed by atoms with Crippen molar-refractivity contribution < 1.29 is 9.59 Å². The van der Waals surface area contributed by atoms with E-state index in [1.165, 1.54) is 0 Å². The Hall–Kier alpha value is -2.05. The standard InChI is InChI=1S/C24H36N4O2.ClH/c1-6-19-23-18(14-24(2,3)15-21(23)29)26-17-10-7-8-11-20(17)28(19)16-22(30)25-12-9-13-27(4)5;/h7-8,10-11,19,26H,6,9,12-16H2,1-5H3,(H,25,30);1H. The number of fused-ring (bicyclic) bond motifs is 1. The number of amides is 1. The van der Waals surface area contributed by atoms with Gasteiger partial charge < -0.3 is 20.4 Å². The Balaban J connectivity index is 0.00000341. The fraction of sp³-hybridized carbons (Fsp3) is 0.583. The maximum Gasteiger partial charge on any atom is 0.239 e. The van der Waals surface area contributed by atoms with Gasteiger partial charge in [-0.05, 0) is 57.5 Å². The molecule has 31 heavy (non-hydrogen) atoms. The summed E-state index contributed by atoms with van der Waals surface area (Å²) < 4.78 is 0. The number of ketones is 1. The minimum Gasteiger partial charge on any atom is -0.357 e. The second kappa shape index (κ2) is 10.5. The number of hydrogen-bond donors (Lipinski definition) is 2. The van der Waals surface area contributed by atoms with Gasteiger partial charge in [-0.3, -0.25) is 9.59 Å². The second-order valence-corrected chi connectivity index (χ2v) is 9.53. The van der Waals surface area contributed by atoms with E-state index in [0.29, 0.717) is 13.0 Å². The third-order valence-corrected chi connectivity index (χ3v) is 5.93. The van der Waals surface area contributed by atoms with E-state index in [9.17, 15) is 9.59 Å². The molecule has 3 rings (SSSR count). The smallest absolute Gasteiger partial charge is 0.239 e. The molecular formula is C24H37ClN4O2. The van der Waals surface area contributed by atoms with Gasteiger partial charge in [-0.25, -0.2) is 0 Å². The normalized spacial score (nSPS) is 19.7. The molecule has 0 saturated carbocycles. The summed E-state index contributed by atoms with van der Waals surface area (Å²) in [7, 11) is 4.06. The zero-order chi connectivity index (χ0) is 21.9. The average Bonchev–Trinajstić information content (AvgIpc) is 2.78. The SMILES string of the molecule is CCC1C2=C(CC(C)(C)CC2=O)Nc2ccccc2N1CC(=O)NCCCN(C)C.Cl. The predicted molar refractivity (Wildman–Crippen MR) is 130 cm³/mol. The summed E-state index contributed by atoms with van der Waals surface area (Å²) in [6.07, 6.45) is 3.07. The number of benzene rings is 1. The van der Waals surface area contributed by atoms with Crippen molar-refractivity contribution in [2.45, 2.75) is 52.5 Å². The molecule has 0 fully saturated rings. The van der Waals surface area contributed by atoms with Gasteiger partial charge in [0.2, 0.25) is 5.91 Å². The van der Waals surface area contributed by atoms with Crippen LogP contribution in [0.15, 0.2) is 35.5 Å². The number of carbonyl (C=O) groups excluding carboxylic acids is 2. The van der Waals surface area contributed by atoms with Crippen LogP contribution in [0.1, 0.15) is 46.5 Å². The maximum absolute atomic E-state index is 13.2. The lowest BCUT2D eigenvalue weighted by Gasteiger charge is -2.37. The van der Waals surface area contributed by atoms with Crippen LogP contribution in [0.4, 0.5) is 11.4 Å². The molecule has 0 aromatic heterocycles. The van der Waals surface area contributed by atoms with Crippen LogP contribution >= 0.6 is 12.4 Å². The Morgan fingerprint density at radius 1 is 1.26 bits per heavy atom. The molecule has 0 bridgehead atoms. The highest BCUT2D eigenvalue weighted by Gasteiger charge is 2.40. The highest BCUT2D eigenvalue weighted by atomic mass is 35.5. The number of para-hydroxylation sites is 2. The minimum atomic E-state index is -0.104. The van der Waals surface area contributed by atoms with E-state index >= 15 is 0 Å². The zero-order valence-electron chi connectivity index (χ0n) is 19.5. The van der Waals surface area contributed by atoms with Gasteiger partial charge in [0, 0.05) is 24.2 Å². The molecule has 1 unspecified atom stereocenters. The summed E-state index contributed by atoms with van der Waals surface area (Å²) in [5.74, 6) is 0.194. The molecular weight excluding hydrogens is 412 g/mol. The lowest BCUT2D eigenvalue weighted by atomic mass is 9.74.